The first-order valence-corrected chi connectivity index (χ1v) is 10.1. The van der Waals surface area contributed by atoms with E-state index in [0.717, 1.165) is 21.8 Å². The van der Waals surface area contributed by atoms with Crippen LogP contribution in [0, 0.1) is 10.1 Å². The molecular weight excluding hydrogens is 422 g/mol. The lowest BCUT2D eigenvalue weighted by molar-refractivity contribution is -0.385. The van der Waals surface area contributed by atoms with Crippen molar-refractivity contribution in [3.63, 3.8) is 0 Å². The van der Waals surface area contributed by atoms with Gasteiger partial charge >= 0.3 is 0 Å². The molecule has 4 aromatic rings. The first-order chi connectivity index (χ1) is 14.5. The minimum atomic E-state index is -0.571. The molecule has 0 spiro atoms. The Balaban J connectivity index is 1.57. The molecule has 0 unspecified atom stereocenters. The van der Waals surface area contributed by atoms with Crippen molar-refractivity contribution in [2.45, 2.75) is 0 Å². The molecule has 4 rings (SSSR count). The number of anilines is 1. The Labute approximate surface area is 180 Å². The van der Waals surface area contributed by atoms with Crippen LogP contribution in [0.4, 0.5) is 11.4 Å². The fourth-order valence-electron chi connectivity index (χ4n) is 2.91. The Morgan fingerprint density at radius 3 is 2.53 bits per heavy atom. The van der Waals surface area contributed by atoms with Crippen LogP contribution in [0.1, 0.15) is 10.4 Å². The summed E-state index contributed by atoms with van der Waals surface area (Å²) >= 11 is 7.45. The van der Waals surface area contributed by atoms with E-state index in [2.05, 4.69) is 10.3 Å². The van der Waals surface area contributed by atoms with Crippen molar-refractivity contribution in [3.8, 4) is 21.8 Å². The van der Waals surface area contributed by atoms with Crippen LogP contribution in [0.2, 0.25) is 5.02 Å². The normalized spacial score (nSPS) is 10.6. The Hall–Kier alpha value is -3.55. The Kier molecular flexibility index (Phi) is 5.56. The molecule has 0 aliphatic carbocycles. The third-order valence-electron chi connectivity index (χ3n) is 4.36. The molecule has 0 fully saturated rings. The summed E-state index contributed by atoms with van der Waals surface area (Å²) in [6, 6.07) is 20.5. The number of para-hydroxylation sites is 1. The van der Waals surface area contributed by atoms with Crippen molar-refractivity contribution in [3.05, 3.63) is 98.9 Å². The van der Waals surface area contributed by atoms with Gasteiger partial charge in [0.15, 0.2) is 0 Å². The van der Waals surface area contributed by atoms with Crippen LogP contribution in [0.25, 0.3) is 21.8 Å². The number of aromatic nitrogens is 1. The van der Waals surface area contributed by atoms with Crippen LogP contribution in [-0.4, -0.2) is 15.8 Å². The van der Waals surface area contributed by atoms with E-state index in [-0.39, 0.29) is 11.3 Å². The first kappa shape index (κ1) is 19.8. The third kappa shape index (κ3) is 4.22. The fourth-order valence-corrected chi connectivity index (χ4v) is 3.87. The predicted molar refractivity (Wildman–Crippen MR) is 119 cm³/mol. The van der Waals surface area contributed by atoms with E-state index in [1.54, 1.807) is 24.3 Å². The maximum Gasteiger partial charge on any atom is 0.282 e. The van der Waals surface area contributed by atoms with Crippen LogP contribution in [0.3, 0.4) is 0 Å². The summed E-state index contributed by atoms with van der Waals surface area (Å²) in [7, 11) is 0. The summed E-state index contributed by atoms with van der Waals surface area (Å²) in [4.78, 5) is 27.8. The lowest BCUT2D eigenvalue weighted by Crippen LogP contribution is -2.13. The Bertz CT molecular complexity index is 1240. The van der Waals surface area contributed by atoms with Gasteiger partial charge in [0.25, 0.3) is 11.6 Å². The maximum absolute atomic E-state index is 12.6. The number of rotatable bonds is 5. The van der Waals surface area contributed by atoms with Crippen LogP contribution >= 0.6 is 22.9 Å². The van der Waals surface area contributed by atoms with Crippen molar-refractivity contribution in [2.75, 3.05) is 5.32 Å². The van der Waals surface area contributed by atoms with Crippen molar-refractivity contribution >= 4 is 40.2 Å². The van der Waals surface area contributed by atoms with E-state index in [1.807, 2.05) is 35.7 Å². The molecule has 1 N–H and O–H groups in total. The molecule has 6 nitrogen and oxygen atoms in total. The minimum absolute atomic E-state index is 0.00610. The molecule has 0 saturated heterocycles. The van der Waals surface area contributed by atoms with Gasteiger partial charge in [-0.2, -0.15) is 0 Å². The smallest absolute Gasteiger partial charge is 0.282 e. The number of carbonyl (C=O) groups excluding carboxylic acids is 1. The standard InChI is InChI=1S/C22H14ClN3O3S/c23-16-10-8-14(9-11-16)22-25-19(13-30-22)15-4-3-5-17(12-15)24-21(27)18-6-1-2-7-20(18)26(28)29/h1-13H,(H,24,27). The molecule has 0 aliphatic heterocycles. The van der Waals surface area contributed by atoms with E-state index >= 15 is 0 Å². The number of nitrogens with one attached hydrogen (secondary N) is 1. The van der Waals surface area contributed by atoms with Gasteiger partial charge < -0.3 is 5.32 Å². The second kappa shape index (κ2) is 8.44. The van der Waals surface area contributed by atoms with E-state index in [0.29, 0.717) is 10.7 Å². The SMILES string of the molecule is O=C(Nc1cccc(-c2csc(-c3ccc(Cl)cc3)n2)c1)c1ccccc1[N+](=O)[O-]. The molecule has 8 heteroatoms. The zero-order valence-corrected chi connectivity index (χ0v) is 17.0. The first-order valence-electron chi connectivity index (χ1n) is 8.88. The number of nitrogens with zero attached hydrogens (tertiary/aromatic N) is 2. The average molecular weight is 436 g/mol. The second-order valence-corrected chi connectivity index (χ2v) is 7.65. The third-order valence-corrected chi connectivity index (χ3v) is 5.50. The van der Waals surface area contributed by atoms with Crippen molar-refractivity contribution in [2.24, 2.45) is 0 Å². The molecule has 3 aromatic carbocycles. The molecule has 148 valence electrons. The number of carbonyl (C=O) groups is 1. The van der Waals surface area contributed by atoms with E-state index < -0.39 is 10.8 Å². The monoisotopic (exact) mass is 435 g/mol. The van der Waals surface area contributed by atoms with Gasteiger partial charge in [-0.25, -0.2) is 4.98 Å². The molecule has 1 heterocycles. The summed E-state index contributed by atoms with van der Waals surface area (Å²) < 4.78 is 0. The van der Waals surface area contributed by atoms with Gasteiger partial charge in [-0.15, -0.1) is 11.3 Å². The Morgan fingerprint density at radius 1 is 1.00 bits per heavy atom. The topological polar surface area (TPSA) is 85.1 Å². The van der Waals surface area contributed by atoms with Crippen LogP contribution in [-0.2, 0) is 0 Å². The second-order valence-electron chi connectivity index (χ2n) is 6.35. The minimum Gasteiger partial charge on any atom is -0.322 e. The number of hydrogen-bond donors (Lipinski definition) is 1. The van der Waals surface area contributed by atoms with Crippen LogP contribution < -0.4 is 5.32 Å². The zero-order valence-electron chi connectivity index (χ0n) is 15.4. The molecule has 1 amide bonds. The number of benzene rings is 3. The van der Waals surface area contributed by atoms with Crippen LogP contribution in [0.15, 0.2) is 78.2 Å². The molecule has 0 saturated carbocycles. The summed E-state index contributed by atoms with van der Waals surface area (Å²) in [5.74, 6) is -0.542. The highest BCUT2D eigenvalue weighted by atomic mass is 35.5. The van der Waals surface area contributed by atoms with Crippen molar-refractivity contribution in [1.29, 1.82) is 0 Å². The summed E-state index contributed by atoms with van der Waals surface area (Å²) in [5, 5.41) is 17.4. The molecular formula is C22H14ClN3O3S. The van der Waals surface area contributed by atoms with Crippen molar-refractivity contribution in [1.82, 2.24) is 4.98 Å². The summed E-state index contributed by atoms with van der Waals surface area (Å²) in [5.41, 5.74) is 2.86. The van der Waals surface area contributed by atoms with Gasteiger partial charge in [0, 0.05) is 33.3 Å². The molecule has 0 aliphatic rings. The summed E-state index contributed by atoms with van der Waals surface area (Å²) in [6.07, 6.45) is 0. The zero-order chi connectivity index (χ0) is 21.1. The largest absolute Gasteiger partial charge is 0.322 e. The predicted octanol–water partition coefficient (Wildman–Crippen LogP) is 6.29. The van der Waals surface area contributed by atoms with Gasteiger partial charge in [0.05, 0.1) is 10.6 Å². The molecule has 0 atom stereocenters. The number of amides is 1. The molecule has 1 aromatic heterocycles. The molecule has 0 bridgehead atoms. The maximum atomic E-state index is 12.6. The molecule has 30 heavy (non-hydrogen) atoms. The highest BCUT2D eigenvalue weighted by Gasteiger charge is 2.19. The lowest BCUT2D eigenvalue weighted by atomic mass is 10.1. The lowest BCUT2D eigenvalue weighted by Gasteiger charge is -2.07. The average Bonchev–Trinajstić information content (AvgIpc) is 3.25. The van der Waals surface area contributed by atoms with Gasteiger partial charge in [0.2, 0.25) is 0 Å². The number of halogens is 1. The van der Waals surface area contributed by atoms with Crippen molar-refractivity contribution < 1.29 is 9.72 Å². The van der Waals surface area contributed by atoms with E-state index in [1.165, 1.54) is 29.5 Å². The van der Waals surface area contributed by atoms with Crippen LogP contribution in [0.5, 0.6) is 0 Å². The summed E-state index contributed by atoms with van der Waals surface area (Å²) in [6.45, 7) is 0. The van der Waals surface area contributed by atoms with Gasteiger partial charge in [-0.3, -0.25) is 14.9 Å². The quantitative estimate of drug-likeness (QED) is 0.295. The number of nitro groups is 1. The van der Waals surface area contributed by atoms with Gasteiger partial charge in [0.1, 0.15) is 10.6 Å². The highest BCUT2D eigenvalue weighted by Crippen LogP contribution is 2.31. The van der Waals surface area contributed by atoms with Gasteiger partial charge in [-0.05, 0) is 30.3 Å². The molecule has 0 radical (unpaired) electrons. The highest BCUT2D eigenvalue weighted by molar-refractivity contribution is 7.13. The number of hydrogen-bond acceptors (Lipinski definition) is 5. The number of nitro benzene ring substituents is 1. The van der Waals surface area contributed by atoms with Gasteiger partial charge in [-0.1, -0.05) is 48.0 Å². The van der Waals surface area contributed by atoms with E-state index in [9.17, 15) is 14.9 Å². The fraction of sp³-hybridized carbons (Fsp3) is 0. The van der Waals surface area contributed by atoms with E-state index in [4.69, 9.17) is 11.6 Å². The number of thiazole rings is 1. The Morgan fingerprint density at radius 2 is 1.77 bits per heavy atom.